The van der Waals surface area contributed by atoms with Gasteiger partial charge in [0.05, 0.1) is 6.61 Å². The minimum atomic E-state index is -0.352. The molecular formula is C29H30F2N2O. The van der Waals surface area contributed by atoms with Crippen LogP contribution < -0.4 is 0 Å². The molecule has 1 aliphatic carbocycles. The van der Waals surface area contributed by atoms with E-state index < -0.39 is 0 Å². The molecule has 0 amide bonds. The molecule has 3 aromatic carbocycles. The van der Waals surface area contributed by atoms with E-state index in [2.05, 4.69) is 40.1 Å². The predicted molar refractivity (Wildman–Crippen MR) is 131 cm³/mol. The third-order valence-corrected chi connectivity index (χ3v) is 6.84. The number of allylic oxidation sites excluding steroid dienone is 1. The number of piperazine rings is 1. The van der Waals surface area contributed by atoms with E-state index in [0.29, 0.717) is 6.61 Å². The zero-order valence-corrected chi connectivity index (χ0v) is 19.3. The van der Waals surface area contributed by atoms with Crippen LogP contribution in [0.25, 0.3) is 6.08 Å². The summed E-state index contributed by atoms with van der Waals surface area (Å²) in [4.78, 5) is 4.95. The van der Waals surface area contributed by atoms with E-state index in [-0.39, 0.29) is 17.7 Å². The fourth-order valence-electron chi connectivity index (χ4n) is 4.88. The molecule has 2 aliphatic rings. The normalized spacial score (nSPS) is 16.4. The average molecular weight is 461 g/mol. The smallest absolute Gasteiger partial charge is 0.123 e. The predicted octanol–water partition coefficient (Wildman–Crippen LogP) is 5.68. The summed E-state index contributed by atoms with van der Waals surface area (Å²) >= 11 is 0. The molecule has 1 heterocycles. The largest absolute Gasteiger partial charge is 0.372 e. The van der Waals surface area contributed by atoms with Crippen LogP contribution in [-0.4, -0.2) is 49.1 Å². The van der Waals surface area contributed by atoms with Crippen LogP contribution in [-0.2, 0) is 11.2 Å². The van der Waals surface area contributed by atoms with Crippen LogP contribution >= 0.6 is 0 Å². The minimum absolute atomic E-state index is 0.281. The average Bonchev–Trinajstić information content (AvgIpc) is 2.88. The summed E-state index contributed by atoms with van der Waals surface area (Å²) in [6, 6.07) is 21.4. The molecule has 0 aromatic heterocycles. The van der Waals surface area contributed by atoms with Crippen LogP contribution in [0.2, 0.25) is 0 Å². The van der Waals surface area contributed by atoms with Crippen LogP contribution in [0.1, 0.15) is 34.8 Å². The molecule has 1 fully saturated rings. The maximum absolute atomic E-state index is 13.4. The minimum Gasteiger partial charge on any atom is -0.372 e. The van der Waals surface area contributed by atoms with Crippen molar-refractivity contribution in [1.29, 1.82) is 0 Å². The van der Waals surface area contributed by atoms with Crippen molar-refractivity contribution >= 4 is 6.08 Å². The van der Waals surface area contributed by atoms with Crippen LogP contribution in [0.5, 0.6) is 0 Å². The maximum Gasteiger partial charge on any atom is 0.123 e. The first kappa shape index (κ1) is 22.8. The van der Waals surface area contributed by atoms with Gasteiger partial charge in [0.2, 0.25) is 0 Å². The Balaban J connectivity index is 1.16. The zero-order chi connectivity index (χ0) is 23.3. The van der Waals surface area contributed by atoms with Gasteiger partial charge < -0.3 is 9.64 Å². The topological polar surface area (TPSA) is 15.7 Å². The van der Waals surface area contributed by atoms with Crippen LogP contribution in [0.4, 0.5) is 8.78 Å². The molecule has 0 atom stereocenters. The Morgan fingerprint density at radius 1 is 0.735 bits per heavy atom. The molecule has 1 saturated heterocycles. The van der Waals surface area contributed by atoms with Gasteiger partial charge in [-0.25, -0.2) is 8.78 Å². The van der Waals surface area contributed by atoms with Gasteiger partial charge in [0, 0.05) is 38.4 Å². The summed E-state index contributed by atoms with van der Waals surface area (Å²) in [5, 5.41) is 0. The van der Waals surface area contributed by atoms with Crippen molar-refractivity contribution in [1.82, 2.24) is 9.80 Å². The van der Waals surface area contributed by atoms with E-state index in [4.69, 9.17) is 4.74 Å². The number of aryl methyl sites for hydroxylation is 1. The Labute approximate surface area is 200 Å². The highest BCUT2D eigenvalue weighted by Crippen LogP contribution is 2.28. The van der Waals surface area contributed by atoms with Gasteiger partial charge >= 0.3 is 0 Å². The van der Waals surface area contributed by atoms with E-state index in [9.17, 15) is 8.78 Å². The van der Waals surface area contributed by atoms with Crippen LogP contribution in [0, 0.1) is 11.6 Å². The number of ether oxygens (including phenoxy) is 1. The Bertz CT molecular complexity index is 1070. The van der Waals surface area contributed by atoms with Gasteiger partial charge in [0.25, 0.3) is 0 Å². The van der Waals surface area contributed by atoms with Gasteiger partial charge in [-0.05, 0) is 65.4 Å². The molecule has 5 rings (SSSR count). The van der Waals surface area contributed by atoms with Gasteiger partial charge in [-0.2, -0.15) is 0 Å². The SMILES string of the molecule is Fc1ccc(C(OCCN2CCN(C3=Cc4ccccc4CC3)CC2)c2ccc(F)cc2)cc1. The molecule has 0 bridgehead atoms. The molecule has 0 spiro atoms. The van der Waals surface area contributed by atoms with E-state index in [1.807, 2.05) is 0 Å². The molecule has 3 nitrogen and oxygen atoms in total. The summed E-state index contributed by atoms with van der Waals surface area (Å²) in [6.07, 6.45) is 4.23. The quantitative estimate of drug-likeness (QED) is 0.452. The van der Waals surface area contributed by atoms with Crippen molar-refractivity contribution < 1.29 is 13.5 Å². The monoisotopic (exact) mass is 460 g/mol. The highest BCUT2D eigenvalue weighted by atomic mass is 19.1. The second-order valence-electron chi connectivity index (χ2n) is 9.02. The first-order valence-electron chi connectivity index (χ1n) is 12.0. The van der Waals surface area contributed by atoms with Crippen molar-refractivity contribution in [2.75, 3.05) is 39.3 Å². The standard InChI is InChI=1S/C29H30F2N2O/c30-26-10-5-23(6-11-26)29(24-7-12-27(31)13-8-24)34-20-19-32-15-17-33(18-16-32)28-14-9-22-3-1-2-4-25(22)21-28/h1-8,10-13,21,29H,9,14-20H2. The van der Waals surface area contributed by atoms with Crippen molar-refractivity contribution in [2.24, 2.45) is 0 Å². The van der Waals surface area contributed by atoms with E-state index in [1.165, 1.54) is 41.1 Å². The summed E-state index contributed by atoms with van der Waals surface area (Å²) in [5.41, 5.74) is 5.97. The number of fused-ring (bicyclic) bond motifs is 1. The second kappa shape index (κ2) is 10.5. The lowest BCUT2D eigenvalue weighted by atomic mass is 9.94. The zero-order valence-electron chi connectivity index (χ0n) is 19.3. The Kier molecular flexibility index (Phi) is 7.02. The Hall–Kier alpha value is -3.02. The summed E-state index contributed by atoms with van der Waals surface area (Å²) in [7, 11) is 0. The number of benzene rings is 3. The lowest BCUT2D eigenvalue weighted by molar-refractivity contribution is 0.0488. The van der Waals surface area contributed by atoms with E-state index in [0.717, 1.165) is 56.7 Å². The molecule has 5 heteroatoms. The van der Waals surface area contributed by atoms with Crippen LogP contribution in [0.15, 0.2) is 78.5 Å². The first-order valence-corrected chi connectivity index (χ1v) is 12.0. The van der Waals surface area contributed by atoms with Crippen molar-refractivity contribution in [3.63, 3.8) is 0 Å². The maximum atomic E-state index is 13.4. The lowest BCUT2D eigenvalue weighted by Crippen LogP contribution is -2.47. The number of rotatable bonds is 7. The number of halogens is 2. The molecule has 0 N–H and O–H groups in total. The lowest BCUT2D eigenvalue weighted by Gasteiger charge is -2.38. The number of hydrogen-bond acceptors (Lipinski definition) is 3. The third kappa shape index (κ3) is 5.37. The van der Waals surface area contributed by atoms with Crippen LogP contribution in [0.3, 0.4) is 0 Å². The van der Waals surface area contributed by atoms with Gasteiger partial charge in [0.1, 0.15) is 17.7 Å². The van der Waals surface area contributed by atoms with Gasteiger partial charge in [0.15, 0.2) is 0 Å². The molecule has 3 aromatic rings. The number of nitrogens with zero attached hydrogens (tertiary/aromatic N) is 2. The molecule has 0 saturated carbocycles. The highest BCUT2D eigenvalue weighted by Gasteiger charge is 2.22. The Morgan fingerprint density at radius 2 is 1.35 bits per heavy atom. The molecule has 34 heavy (non-hydrogen) atoms. The summed E-state index contributed by atoms with van der Waals surface area (Å²) < 4.78 is 33.1. The first-order chi connectivity index (χ1) is 16.7. The van der Waals surface area contributed by atoms with Gasteiger partial charge in [-0.3, -0.25) is 4.90 Å². The molecule has 176 valence electrons. The molecule has 0 radical (unpaired) electrons. The number of hydrogen-bond donors (Lipinski definition) is 0. The van der Waals surface area contributed by atoms with Gasteiger partial charge in [-0.15, -0.1) is 0 Å². The van der Waals surface area contributed by atoms with Crippen molar-refractivity contribution in [3.05, 3.63) is 112 Å². The molecule has 1 aliphatic heterocycles. The van der Waals surface area contributed by atoms with Gasteiger partial charge in [-0.1, -0.05) is 48.5 Å². The van der Waals surface area contributed by atoms with E-state index >= 15 is 0 Å². The fraction of sp³-hybridized carbons (Fsp3) is 0.310. The Morgan fingerprint density at radius 3 is 2.00 bits per heavy atom. The summed E-state index contributed by atoms with van der Waals surface area (Å²) in [6.45, 7) is 5.42. The highest BCUT2D eigenvalue weighted by molar-refractivity contribution is 5.59. The van der Waals surface area contributed by atoms with Crippen molar-refractivity contribution in [2.45, 2.75) is 18.9 Å². The molecular weight excluding hydrogens is 430 g/mol. The van der Waals surface area contributed by atoms with E-state index in [1.54, 1.807) is 24.3 Å². The molecule has 0 unspecified atom stereocenters. The summed E-state index contributed by atoms with van der Waals surface area (Å²) in [5.74, 6) is -0.563. The second-order valence-corrected chi connectivity index (χ2v) is 9.02. The third-order valence-electron chi connectivity index (χ3n) is 6.84. The van der Waals surface area contributed by atoms with Crippen molar-refractivity contribution in [3.8, 4) is 0 Å². The fourth-order valence-corrected chi connectivity index (χ4v) is 4.88.